The largest absolute Gasteiger partial charge is 0.392 e. The average molecular weight is 588 g/mol. The molecule has 0 unspecified atom stereocenters. The van der Waals surface area contributed by atoms with E-state index in [1.807, 2.05) is 42.5 Å². The summed E-state index contributed by atoms with van der Waals surface area (Å²) in [6, 6.07) is 12.8. The van der Waals surface area contributed by atoms with E-state index in [2.05, 4.69) is 25.5 Å². The van der Waals surface area contributed by atoms with Crippen molar-refractivity contribution in [3.05, 3.63) is 59.2 Å². The minimum absolute atomic E-state index is 0.169. The molecule has 2 aromatic carbocycles. The van der Waals surface area contributed by atoms with Gasteiger partial charge in [-0.05, 0) is 63.6 Å². The van der Waals surface area contributed by atoms with Crippen molar-refractivity contribution < 1.29 is 15.2 Å². The molecule has 1 aromatic heterocycles. The average Bonchev–Trinajstić information content (AvgIpc) is 2.93. The molecule has 2 aliphatic rings. The Balaban J connectivity index is 1.29. The number of benzene rings is 2. The monoisotopic (exact) mass is 587 g/mol. The van der Waals surface area contributed by atoms with Crippen molar-refractivity contribution in [3.8, 4) is 0 Å². The highest BCUT2D eigenvalue weighted by Gasteiger charge is 2.27. The zero-order valence-electron chi connectivity index (χ0n) is 27.1. The fraction of sp³-hybridized carbons (Fsp3) is 0.448. The van der Waals surface area contributed by atoms with E-state index in [0.717, 1.165) is 5.69 Å². The van der Waals surface area contributed by atoms with Crippen LogP contribution in [0.2, 0.25) is 5.02 Å². The summed E-state index contributed by atoms with van der Waals surface area (Å²) in [4.78, 5) is 14.2. The number of aliphatic hydroxyl groups is 1. The van der Waals surface area contributed by atoms with E-state index >= 15 is 0 Å². The third-order valence-corrected chi connectivity index (χ3v) is 9.03. The molecule has 2 saturated heterocycles. The van der Waals surface area contributed by atoms with Crippen LogP contribution >= 0.6 is 18.7 Å². The van der Waals surface area contributed by atoms with Gasteiger partial charge in [-0.3, -0.25) is 4.90 Å². The zero-order valence-corrected chi connectivity index (χ0v) is 24.7. The van der Waals surface area contributed by atoms with Gasteiger partial charge in [0.25, 0.3) is 0 Å². The van der Waals surface area contributed by atoms with Crippen molar-refractivity contribution in [2.24, 2.45) is 0 Å². The van der Waals surface area contributed by atoms with E-state index in [9.17, 15) is 9.67 Å². The van der Waals surface area contributed by atoms with Crippen LogP contribution in [0.3, 0.4) is 0 Å². The van der Waals surface area contributed by atoms with E-state index in [1.165, 1.54) is 11.1 Å². The van der Waals surface area contributed by atoms with E-state index in [4.69, 9.17) is 17.1 Å². The Morgan fingerprint density at radius 3 is 2.50 bits per heavy atom. The number of nitrogens with zero attached hydrogens (tertiary/aromatic N) is 5. The van der Waals surface area contributed by atoms with Crippen LogP contribution in [0.4, 0.5) is 28.8 Å². The van der Waals surface area contributed by atoms with Crippen LogP contribution in [-0.2, 0) is 11.2 Å². The van der Waals surface area contributed by atoms with Gasteiger partial charge in [-0.1, -0.05) is 23.7 Å². The van der Waals surface area contributed by atoms with Gasteiger partial charge in [0.1, 0.15) is 12.2 Å². The third kappa shape index (κ3) is 6.78. The Hall–Kier alpha value is -2.68. The summed E-state index contributed by atoms with van der Waals surface area (Å²) in [6.45, 7) is 1.30. The minimum Gasteiger partial charge on any atom is -0.392 e. The lowest BCUT2D eigenvalue weighted by molar-refractivity contribution is 0.0982. The maximum absolute atomic E-state index is 12.8. The zero-order chi connectivity index (χ0) is 31.9. The van der Waals surface area contributed by atoms with Gasteiger partial charge in [0.2, 0.25) is 5.95 Å². The number of aromatic nitrogens is 2. The molecular formula is C29H39ClN7O2P. The lowest BCUT2D eigenvalue weighted by Crippen LogP contribution is -2.52. The lowest BCUT2D eigenvalue weighted by atomic mass is 10.0. The minimum atomic E-state index is -2.56. The second kappa shape index (κ2) is 12.5. The molecule has 5 rings (SSSR count). The Labute approximate surface area is 247 Å². The van der Waals surface area contributed by atoms with Gasteiger partial charge < -0.3 is 30.1 Å². The summed E-state index contributed by atoms with van der Waals surface area (Å²) in [5.74, 6) is 0.619. The summed E-state index contributed by atoms with van der Waals surface area (Å²) < 4.78 is 46.9. The summed E-state index contributed by atoms with van der Waals surface area (Å²) in [6.07, 6.45) is 2.72. The van der Waals surface area contributed by atoms with Gasteiger partial charge in [0, 0.05) is 72.9 Å². The highest BCUT2D eigenvalue weighted by Crippen LogP contribution is 2.39. The van der Waals surface area contributed by atoms with Gasteiger partial charge in [0.05, 0.1) is 18.5 Å². The molecule has 2 fully saturated rings. The highest BCUT2D eigenvalue weighted by molar-refractivity contribution is 7.70. The quantitative estimate of drug-likeness (QED) is 0.327. The molecule has 3 N–H and O–H groups in total. The van der Waals surface area contributed by atoms with E-state index in [1.54, 1.807) is 25.3 Å². The summed E-state index contributed by atoms with van der Waals surface area (Å²) >= 11 is 6.40. The molecule has 214 valence electrons. The van der Waals surface area contributed by atoms with E-state index in [0.29, 0.717) is 59.0 Å². The third-order valence-electron chi connectivity index (χ3n) is 7.20. The van der Waals surface area contributed by atoms with Crippen LogP contribution in [0.25, 0.3) is 0 Å². The number of rotatable bonds is 8. The second-order valence-corrected chi connectivity index (χ2v) is 14.2. The Bertz CT molecular complexity index is 1530. The van der Waals surface area contributed by atoms with Crippen molar-refractivity contribution >= 4 is 52.9 Å². The molecule has 0 amide bonds. The first-order valence-electron chi connectivity index (χ1n) is 15.4. The molecule has 9 nitrogen and oxygen atoms in total. The first-order valence-corrected chi connectivity index (χ1v) is 16.3. The number of piperidine rings is 1. The van der Waals surface area contributed by atoms with Crippen LogP contribution in [-0.4, -0.2) is 90.5 Å². The van der Waals surface area contributed by atoms with E-state index < -0.39 is 20.1 Å². The second-order valence-electron chi connectivity index (χ2n) is 10.6. The predicted octanol–water partition coefficient (Wildman–Crippen LogP) is 4.57. The van der Waals surface area contributed by atoms with Crippen molar-refractivity contribution in [2.45, 2.75) is 25.5 Å². The van der Waals surface area contributed by atoms with Crippen LogP contribution < -0.4 is 20.8 Å². The predicted molar refractivity (Wildman–Crippen MR) is 166 cm³/mol. The number of aliphatic hydroxyl groups excluding tert-OH is 1. The molecule has 0 saturated carbocycles. The number of hydrogen-bond acceptors (Lipinski definition) is 9. The number of anilines is 5. The normalized spacial score (nSPS) is 21.7. The maximum atomic E-state index is 12.8. The van der Waals surface area contributed by atoms with Crippen LogP contribution in [0.1, 0.15) is 23.9 Å². The lowest BCUT2D eigenvalue weighted by Gasteiger charge is -2.42. The van der Waals surface area contributed by atoms with Crippen molar-refractivity contribution in [1.82, 2.24) is 19.8 Å². The molecule has 0 spiro atoms. The number of likely N-dealkylation sites (N-methyl/N-ethyl adjacent to an activating group) is 1. The summed E-state index contributed by atoms with van der Waals surface area (Å²) in [5, 5.41) is 17.6. The SMILES string of the molecule is [2H]C1([2H])CN(C)CC([2H])([2H])N1C1CCN(c2ccc(Nc3ncc(Cl)c(Nc4ccccc4P(C)(C)=O)n3)c(CO)c2)CC1. The molecule has 40 heavy (non-hydrogen) atoms. The van der Waals surface area contributed by atoms with Crippen molar-refractivity contribution in [3.63, 3.8) is 0 Å². The van der Waals surface area contributed by atoms with Crippen LogP contribution in [0, 0.1) is 0 Å². The van der Waals surface area contributed by atoms with Gasteiger partial charge in [0.15, 0.2) is 5.82 Å². The van der Waals surface area contributed by atoms with Crippen LogP contribution in [0.5, 0.6) is 0 Å². The van der Waals surface area contributed by atoms with Gasteiger partial charge >= 0.3 is 0 Å². The molecule has 0 atom stereocenters. The molecule has 11 heteroatoms. The van der Waals surface area contributed by atoms with Gasteiger partial charge in [-0.2, -0.15) is 4.98 Å². The number of piperazine rings is 1. The van der Waals surface area contributed by atoms with Gasteiger partial charge in [-0.25, -0.2) is 4.98 Å². The Kier molecular flexibility index (Phi) is 7.46. The standard InChI is InChI=1S/C29H39ClN7O2P/c1-35-14-16-37(17-15-35)22-10-12-36(13-11-22)23-8-9-25(21(18-23)20-38)33-29-31-19-24(30)28(34-29)32-26-6-4-5-7-27(26)40(2,3)39/h4-9,18-19,22,38H,10-17,20H2,1-3H3,(H2,31,32,33,34)/i16D2,17D2. The molecule has 0 bridgehead atoms. The molecule has 3 aromatic rings. The molecule has 2 aliphatic heterocycles. The first kappa shape index (κ1) is 24.0. The van der Waals surface area contributed by atoms with Crippen molar-refractivity contribution in [2.75, 3.05) is 75.1 Å². The summed E-state index contributed by atoms with van der Waals surface area (Å²) in [5.41, 5.74) is 2.84. The number of nitrogens with one attached hydrogen (secondary N) is 2. The Morgan fingerprint density at radius 2 is 1.80 bits per heavy atom. The molecular weight excluding hydrogens is 545 g/mol. The topological polar surface area (TPSA) is 96.9 Å². The smallest absolute Gasteiger partial charge is 0.229 e. The fourth-order valence-electron chi connectivity index (χ4n) is 4.99. The maximum Gasteiger partial charge on any atom is 0.229 e. The van der Waals surface area contributed by atoms with Crippen molar-refractivity contribution in [1.29, 1.82) is 0 Å². The van der Waals surface area contributed by atoms with Gasteiger partial charge in [-0.15, -0.1) is 0 Å². The highest BCUT2D eigenvalue weighted by atomic mass is 35.5. The van der Waals surface area contributed by atoms with Crippen LogP contribution in [0.15, 0.2) is 48.7 Å². The first-order chi connectivity index (χ1) is 20.7. The number of hydrogen-bond donors (Lipinski definition) is 3. The van der Waals surface area contributed by atoms with E-state index in [-0.39, 0.29) is 31.7 Å². The fourth-order valence-corrected chi connectivity index (χ4v) is 6.28. The number of para-hydroxylation sites is 1. The molecule has 0 aliphatic carbocycles. The Morgan fingerprint density at radius 1 is 1.07 bits per heavy atom. The summed E-state index contributed by atoms with van der Waals surface area (Å²) in [7, 11) is -0.811. The number of halogens is 1. The molecule has 3 heterocycles. The molecule has 0 radical (unpaired) electrons.